The molecule has 1 N–H and O–H groups in total. The molecule has 8 rings (SSSR count). The van der Waals surface area contributed by atoms with Crippen LogP contribution < -0.4 is 15.4 Å². The van der Waals surface area contributed by atoms with Crippen LogP contribution in [-0.2, 0) is 44.2 Å². The molecule has 10 nitrogen and oxygen atoms in total. The van der Waals surface area contributed by atoms with Crippen LogP contribution in [0.4, 0.5) is 15.8 Å². The summed E-state index contributed by atoms with van der Waals surface area (Å²) in [6.07, 6.45) is 8.01. The van der Waals surface area contributed by atoms with Gasteiger partial charge in [0.2, 0.25) is 0 Å². The zero-order valence-corrected chi connectivity index (χ0v) is 27.3. The van der Waals surface area contributed by atoms with E-state index in [1.165, 1.54) is 28.0 Å². The van der Waals surface area contributed by atoms with Gasteiger partial charge >= 0.3 is 0 Å². The second-order valence-electron chi connectivity index (χ2n) is 13.5. The number of piperazine rings is 1. The Morgan fingerprint density at radius 1 is 0.979 bits per heavy atom. The smallest absolute Gasteiger partial charge is 0.274 e. The summed E-state index contributed by atoms with van der Waals surface area (Å²) in [6.45, 7) is 6.12. The van der Waals surface area contributed by atoms with Gasteiger partial charge in [-0.05, 0) is 78.8 Å². The van der Waals surface area contributed by atoms with Crippen molar-refractivity contribution in [2.75, 3.05) is 55.7 Å². The lowest BCUT2D eigenvalue weighted by Crippen LogP contribution is -2.56. The number of carbonyl (C=O) groups is 1. The van der Waals surface area contributed by atoms with Crippen LogP contribution in [0.2, 0.25) is 0 Å². The lowest BCUT2D eigenvalue weighted by molar-refractivity contribution is -0.0660. The molecule has 48 heavy (non-hydrogen) atoms. The number of nitrogens with zero attached hydrogens (tertiary/aromatic N) is 6. The molecule has 1 aliphatic carbocycles. The van der Waals surface area contributed by atoms with E-state index in [4.69, 9.17) is 9.72 Å². The van der Waals surface area contributed by atoms with Crippen molar-refractivity contribution in [3.05, 3.63) is 98.7 Å². The van der Waals surface area contributed by atoms with Gasteiger partial charge in [-0.2, -0.15) is 0 Å². The zero-order chi connectivity index (χ0) is 32.9. The predicted octanol–water partition coefficient (Wildman–Crippen LogP) is 3.53. The van der Waals surface area contributed by atoms with Gasteiger partial charge in [-0.3, -0.25) is 19.5 Å². The molecule has 0 saturated carbocycles. The number of fused-ring (bicyclic) bond motifs is 3. The predicted molar refractivity (Wildman–Crippen MR) is 181 cm³/mol. The molecule has 4 aliphatic rings. The third kappa shape index (κ3) is 5.53. The molecule has 2 saturated heterocycles. The number of aryl methyl sites for hydroxylation is 2. The number of aliphatic hydroxyl groups excluding tert-OH is 1. The number of aliphatic hydroxyl groups is 1. The fourth-order valence-corrected chi connectivity index (χ4v) is 7.89. The molecule has 3 aliphatic heterocycles. The van der Waals surface area contributed by atoms with Crippen LogP contribution in [0.25, 0.3) is 11.1 Å². The highest BCUT2D eigenvalue weighted by Gasteiger charge is 2.32. The number of halogens is 1. The largest absolute Gasteiger partial charge is 0.392 e. The second kappa shape index (κ2) is 12.6. The van der Waals surface area contributed by atoms with E-state index in [1.807, 2.05) is 18.3 Å². The number of hydrogen-bond acceptors (Lipinski definition) is 7. The number of aromatic nitrogens is 3. The van der Waals surface area contributed by atoms with Crippen molar-refractivity contribution >= 4 is 17.3 Å². The van der Waals surface area contributed by atoms with Gasteiger partial charge in [0.25, 0.3) is 11.5 Å². The minimum Gasteiger partial charge on any atom is -0.392 e. The topological polar surface area (TPSA) is 96.1 Å². The van der Waals surface area contributed by atoms with Crippen molar-refractivity contribution < 1.29 is 19.0 Å². The summed E-state index contributed by atoms with van der Waals surface area (Å²) in [5.41, 5.74) is 7.10. The fourth-order valence-electron chi connectivity index (χ4n) is 7.89. The quantitative estimate of drug-likeness (QED) is 0.327. The van der Waals surface area contributed by atoms with Crippen molar-refractivity contribution in [2.24, 2.45) is 7.05 Å². The van der Waals surface area contributed by atoms with Gasteiger partial charge in [0, 0.05) is 81.4 Å². The number of amides is 1. The first-order valence-corrected chi connectivity index (χ1v) is 17.1. The van der Waals surface area contributed by atoms with E-state index in [0.29, 0.717) is 59.2 Å². The molecule has 0 unspecified atom stereocenters. The maximum Gasteiger partial charge on any atom is 0.274 e. The minimum atomic E-state index is -0.514. The highest BCUT2D eigenvalue weighted by Crippen LogP contribution is 2.36. The fraction of sp³-hybridized carbons (Fsp3) is 0.432. The number of anilines is 2. The van der Waals surface area contributed by atoms with Crippen LogP contribution in [0.5, 0.6) is 0 Å². The minimum absolute atomic E-state index is 0.168. The Morgan fingerprint density at radius 2 is 1.79 bits per heavy atom. The molecule has 0 atom stereocenters. The summed E-state index contributed by atoms with van der Waals surface area (Å²) >= 11 is 0. The monoisotopic (exact) mass is 652 g/mol. The molecular formula is C37H41FN6O4. The Hall–Kier alpha value is -4.32. The Balaban J connectivity index is 1.06. The maximum absolute atomic E-state index is 15.4. The summed E-state index contributed by atoms with van der Waals surface area (Å²) in [5, 5.41) is 10.7. The van der Waals surface area contributed by atoms with E-state index in [-0.39, 0.29) is 11.5 Å². The molecule has 6 heterocycles. The first-order valence-electron chi connectivity index (χ1n) is 17.1. The molecule has 1 amide bonds. The number of hydrogen-bond donors (Lipinski definition) is 1. The van der Waals surface area contributed by atoms with Crippen LogP contribution in [0, 0.1) is 5.82 Å². The van der Waals surface area contributed by atoms with Crippen LogP contribution in [-0.4, -0.2) is 82.0 Å². The zero-order valence-electron chi connectivity index (χ0n) is 27.3. The van der Waals surface area contributed by atoms with Crippen molar-refractivity contribution in [2.45, 2.75) is 51.3 Å². The Labute approximate surface area is 279 Å². The number of ether oxygens (including phenoxy) is 1. The molecule has 0 spiro atoms. The van der Waals surface area contributed by atoms with Gasteiger partial charge in [-0.25, -0.2) is 4.39 Å². The normalized spacial score (nSPS) is 18.5. The number of carbonyl (C=O) groups excluding carboxylic acids is 1. The van der Waals surface area contributed by atoms with Crippen molar-refractivity contribution in [3.63, 3.8) is 0 Å². The summed E-state index contributed by atoms with van der Waals surface area (Å²) in [6, 6.07) is 11.0. The van der Waals surface area contributed by atoms with Crippen molar-refractivity contribution in [1.82, 2.24) is 19.0 Å². The van der Waals surface area contributed by atoms with E-state index in [0.717, 1.165) is 76.5 Å². The number of benzene rings is 1. The summed E-state index contributed by atoms with van der Waals surface area (Å²) in [5.74, 6) is -0.702. The lowest BCUT2D eigenvalue weighted by Gasteiger charge is -2.43. The summed E-state index contributed by atoms with van der Waals surface area (Å²) in [4.78, 5) is 38.3. The van der Waals surface area contributed by atoms with E-state index in [2.05, 4.69) is 20.4 Å². The first kappa shape index (κ1) is 31.0. The molecule has 11 heteroatoms. The van der Waals surface area contributed by atoms with Gasteiger partial charge < -0.3 is 28.8 Å². The molecule has 2 fully saturated rings. The standard InChI is InChI=1S/C37H41FN6O4/c1-40-20-26(14-25(36(40)46)15-28-6-7-29(19-39-28)41-8-10-42(11-9-41)30-22-48-23-30)31-17-27(38)18-34(32(31)21-45)44-13-12-43-33-5-3-2-4-24(33)16-35(43)37(44)47/h6-7,14,16-20,30,45H,2-5,8-13,15,21-23H2,1H3. The number of rotatable bonds is 7. The van der Waals surface area contributed by atoms with Gasteiger partial charge in [0.15, 0.2) is 0 Å². The molecule has 250 valence electrons. The second-order valence-corrected chi connectivity index (χ2v) is 13.5. The summed E-state index contributed by atoms with van der Waals surface area (Å²) < 4.78 is 24.3. The molecule has 0 radical (unpaired) electrons. The maximum atomic E-state index is 15.4. The van der Waals surface area contributed by atoms with Crippen LogP contribution in [0.1, 0.15) is 51.4 Å². The highest BCUT2D eigenvalue weighted by molar-refractivity contribution is 6.07. The Kier molecular flexibility index (Phi) is 8.14. The van der Waals surface area contributed by atoms with Crippen molar-refractivity contribution in [3.8, 4) is 11.1 Å². The first-order chi connectivity index (χ1) is 23.4. The van der Waals surface area contributed by atoms with E-state index < -0.39 is 12.4 Å². The SMILES string of the molecule is Cn1cc(-c2cc(F)cc(N3CCn4c(cc5c4CCCC5)C3=O)c2CO)cc(Cc2ccc(N3CCN(C4COC4)CC3)cn2)c1=O. The third-order valence-electron chi connectivity index (χ3n) is 10.6. The Bertz CT molecular complexity index is 1920. The molecule has 3 aromatic heterocycles. The van der Waals surface area contributed by atoms with Crippen LogP contribution >= 0.6 is 0 Å². The van der Waals surface area contributed by atoms with E-state index >= 15 is 4.39 Å². The average Bonchev–Trinajstić information content (AvgIpc) is 3.46. The molecule has 1 aromatic carbocycles. The molecule has 4 aromatic rings. The third-order valence-corrected chi connectivity index (χ3v) is 10.6. The lowest BCUT2D eigenvalue weighted by atomic mass is 9.96. The van der Waals surface area contributed by atoms with Crippen LogP contribution in [0.15, 0.2) is 53.6 Å². The van der Waals surface area contributed by atoms with Gasteiger partial charge in [-0.1, -0.05) is 0 Å². The van der Waals surface area contributed by atoms with Gasteiger partial charge in [0.1, 0.15) is 11.5 Å². The average molecular weight is 653 g/mol. The number of pyridine rings is 2. The van der Waals surface area contributed by atoms with Gasteiger partial charge in [-0.15, -0.1) is 0 Å². The van der Waals surface area contributed by atoms with E-state index in [9.17, 15) is 14.7 Å². The Morgan fingerprint density at radius 3 is 2.52 bits per heavy atom. The summed E-state index contributed by atoms with van der Waals surface area (Å²) in [7, 11) is 1.67. The highest BCUT2D eigenvalue weighted by atomic mass is 19.1. The van der Waals surface area contributed by atoms with Crippen molar-refractivity contribution in [1.29, 1.82) is 0 Å². The van der Waals surface area contributed by atoms with Crippen LogP contribution in [0.3, 0.4) is 0 Å². The molecular weight excluding hydrogens is 611 g/mol. The van der Waals surface area contributed by atoms with E-state index in [1.54, 1.807) is 24.2 Å². The molecule has 0 bridgehead atoms. The van der Waals surface area contributed by atoms with Gasteiger partial charge in [0.05, 0.1) is 43.4 Å².